The minimum atomic E-state index is -3.52. The molecule has 0 saturated carbocycles. The molecular weight excluding hydrogens is 274 g/mol. The normalized spacial score (nSPS) is 21.9. The molecule has 0 aliphatic carbocycles. The number of nitrogens with one attached hydrogen (secondary N) is 1. The van der Waals surface area contributed by atoms with Crippen LogP contribution in [-0.2, 0) is 10.0 Å². The molecule has 1 aliphatic rings. The standard InChI is InChI=1S/C10H15N3O3S2/c1-7-5-12-2-3-13(7)18(15,16)9-4-8(6-17-9)10(11)14/h4,6-7,12H,2-3,5H2,1H3,(H2,11,14)/t7-/m1/s1. The second-order valence-corrected chi connectivity index (χ2v) is 7.22. The van der Waals surface area contributed by atoms with E-state index in [0.717, 1.165) is 11.3 Å². The third-order valence-electron chi connectivity index (χ3n) is 2.86. The van der Waals surface area contributed by atoms with Gasteiger partial charge in [0.25, 0.3) is 10.0 Å². The summed E-state index contributed by atoms with van der Waals surface area (Å²) in [4.78, 5) is 11.0. The number of carbonyl (C=O) groups is 1. The summed E-state index contributed by atoms with van der Waals surface area (Å²) in [5.41, 5.74) is 5.36. The minimum Gasteiger partial charge on any atom is -0.366 e. The molecule has 1 saturated heterocycles. The molecule has 18 heavy (non-hydrogen) atoms. The Morgan fingerprint density at radius 3 is 2.89 bits per heavy atom. The average Bonchev–Trinajstić information content (AvgIpc) is 2.79. The summed E-state index contributed by atoms with van der Waals surface area (Å²) >= 11 is 1.03. The summed E-state index contributed by atoms with van der Waals surface area (Å²) in [7, 11) is -3.52. The molecule has 3 N–H and O–H groups in total. The van der Waals surface area contributed by atoms with E-state index in [1.54, 1.807) is 0 Å². The van der Waals surface area contributed by atoms with Crippen molar-refractivity contribution in [3.05, 3.63) is 17.0 Å². The Morgan fingerprint density at radius 1 is 1.61 bits per heavy atom. The van der Waals surface area contributed by atoms with Crippen LogP contribution in [0.15, 0.2) is 15.7 Å². The van der Waals surface area contributed by atoms with E-state index < -0.39 is 15.9 Å². The Bertz CT molecular complexity index is 552. The van der Waals surface area contributed by atoms with Crippen LogP contribution in [0, 0.1) is 0 Å². The molecule has 1 aromatic rings. The Morgan fingerprint density at radius 2 is 2.33 bits per heavy atom. The first kappa shape index (κ1) is 13.5. The zero-order valence-corrected chi connectivity index (χ0v) is 11.6. The number of hydrogen-bond donors (Lipinski definition) is 2. The van der Waals surface area contributed by atoms with Gasteiger partial charge in [0.1, 0.15) is 4.21 Å². The largest absolute Gasteiger partial charge is 0.366 e. The molecule has 6 nitrogen and oxygen atoms in total. The molecule has 0 unspecified atom stereocenters. The van der Waals surface area contributed by atoms with Crippen LogP contribution in [0.2, 0.25) is 0 Å². The monoisotopic (exact) mass is 289 g/mol. The van der Waals surface area contributed by atoms with Crippen LogP contribution in [0.25, 0.3) is 0 Å². The van der Waals surface area contributed by atoms with Crippen molar-refractivity contribution >= 4 is 27.3 Å². The lowest BCUT2D eigenvalue weighted by Crippen LogP contribution is -2.51. The molecule has 1 fully saturated rings. The summed E-state index contributed by atoms with van der Waals surface area (Å²) in [6, 6.07) is 1.25. The van der Waals surface area contributed by atoms with Crippen molar-refractivity contribution in [2.24, 2.45) is 5.73 Å². The second kappa shape index (κ2) is 4.96. The molecular formula is C10H15N3O3S2. The first-order valence-corrected chi connectivity index (χ1v) is 7.86. The van der Waals surface area contributed by atoms with Gasteiger partial charge in [-0.2, -0.15) is 4.31 Å². The van der Waals surface area contributed by atoms with Crippen molar-refractivity contribution < 1.29 is 13.2 Å². The smallest absolute Gasteiger partial charge is 0.252 e. The maximum atomic E-state index is 12.4. The van der Waals surface area contributed by atoms with Crippen molar-refractivity contribution in [3.8, 4) is 0 Å². The van der Waals surface area contributed by atoms with Crippen molar-refractivity contribution in [1.29, 1.82) is 0 Å². The SMILES string of the molecule is C[C@@H]1CNCCN1S(=O)(=O)c1cc(C(N)=O)cs1. The van der Waals surface area contributed by atoms with E-state index in [2.05, 4.69) is 5.32 Å². The highest BCUT2D eigenvalue weighted by molar-refractivity contribution is 7.91. The molecule has 0 spiro atoms. The number of nitrogens with two attached hydrogens (primary N) is 1. The van der Waals surface area contributed by atoms with Crippen molar-refractivity contribution in [3.63, 3.8) is 0 Å². The van der Waals surface area contributed by atoms with E-state index in [-0.39, 0.29) is 15.8 Å². The van der Waals surface area contributed by atoms with E-state index in [1.807, 2.05) is 6.92 Å². The lowest BCUT2D eigenvalue weighted by Gasteiger charge is -2.32. The molecule has 1 amide bonds. The molecule has 8 heteroatoms. The highest BCUT2D eigenvalue weighted by Crippen LogP contribution is 2.25. The van der Waals surface area contributed by atoms with Gasteiger partial charge in [-0.05, 0) is 13.0 Å². The van der Waals surface area contributed by atoms with Crippen LogP contribution in [0.3, 0.4) is 0 Å². The Labute approximate surface area is 110 Å². The van der Waals surface area contributed by atoms with Gasteiger partial charge in [-0.3, -0.25) is 4.79 Å². The van der Waals surface area contributed by atoms with Gasteiger partial charge < -0.3 is 11.1 Å². The lowest BCUT2D eigenvalue weighted by molar-refractivity contribution is 0.100. The predicted octanol–water partition coefficient (Wildman–Crippen LogP) is -0.171. The van der Waals surface area contributed by atoms with Crippen LogP contribution < -0.4 is 11.1 Å². The molecule has 1 aromatic heterocycles. The first-order chi connectivity index (χ1) is 8.43. The molecule has 1 aliphatic heterocycles. The second-order valence-electron chi connectivity index (χ2n) is 4.19. The van der Waals surface area contributed by atoms with Gasteiger partial charge >= 0.3 is 0 Å². The Hall–Kier alpha value is -0.960. The van der Waals surface area contributed by atoms with Crippen LogP contribution in [-0.4, -0.2) is 44.3 Å². The molecule has 0 radical (unpaired) electrons. The fourth-order valence-electron chi connectivity index (χ4n) is 1.88. The number of piperazine rings is 1. The van der Waals surface area contributed by atoms with E-state index >= 15 is 0 Å². The number of hydrogen-bond acceptors (Lipinski definition) is 5. The third kappa shape index (κ3) is 2.41. The predicted molar refractivity (Wildman–Crippen MR) is 69.1 cm³/mol. The van der Waals surface area contributed by atoms with Gasteiger partial charge in [0, 0.05) is 31.1 Å². The van der Waals surface area contributed by atoms with Gasteiger partial charge in [0.05, 0.1) is 5.56 Å². The van der Waals surface area contributed by atoms with E-state index in [9.17, 15) is 13.2 Å². The fraction of sp³-hybridized carbons (Fsp3) is 0.500. The maximum Gasteiger partial charge on any atom is 0.252 e. The summed E-state index contributed by atoms with van der Waals surface area (Å²) < 4.78 is 26.4. The first-order valence-electron chi connectivity index (χ1n) is 5.54. The van der Waals surface area contributed by atoms with Gasteiger partial charge in [0.2, 0.25) is 5.91 Å². The summed E-state index contributed by atoms with van der Waals surface area (Å²) in [6.45, 7) is 3.56. The number of sulfonamides is 1. The molecule has 1 atom stereocenters. The van der Waals surface area contributed by atoms with Crippen LogP contribution in [0.1, 0.15) is 17.3 Å². The van der Waals surface area contributed by atoms with Gasteiger partial charge in [-0.1, -0.05) is 0 Å². The number of primary amides is 1. The van der Waals surface area contributed by atoms with E-state index in [0.29, 0.717) is 19.6 Å². The summed E-state index contributed by atoms with van der Waals surface area (Å²) in [5, 5.41) is 4.61. The summed E-state index contributed by atoms with van der Waals surface area (Å²) in [5.74, 6) is -0.610. The Balaban J connectivity index is 2.31. The Kier molecular flexibility index (Phi) is 3.71. The number of carbonyl (C=O) groups excluding carboxylic acids is 1. The van der Waals surface area contributed by atoms with Crippen LogP contribution in [0.4, 0.5) is 0 Å². The van der Waals surface area contributed by atoms with Crippen molar-refractivity contribution in [1.82, 2.24) is 9.62 Å². The van der Waals surface area contributed by atoms with E-state index in [1.165, 1.54) is 15.8 Å². The number of rotatable bonds is 3. The highest BCUT2D eigenvalue weighted by Gasteiger charge is 2.32. The van der Waals surface area contributed by atoms with Crippen LogP contribution in [0.5, 0.6) is 0 Å². The maximum absolute atomic E-state index is 12.4. The van der Waals surface area contributed by atoms with Crippen LogP contribution >= 0.6 is 11.3 Å². The fourth-order valence-corrected chi connectivity index (χ4v) is 4.80. The topological polar surface area (TPSA) is 92.5 Å². The number of thiophene rings is 1. The zero-order chi connectivity index (χ0) is 13.3. The molecule has 100 valence electrons. The minimum absolute atomic E-state index is 0.0946. The molecule has 2 heterocycles. The van der Waals surface area contributed by atoms with Gasteiger partial charge in [0.15, 0.2) is 0 Å². The van der Waals surface area contributed by atoms with Gasteiger partial charge in [-0.25, -0.2) is 8.42 Å². The summed E-state index contributed by atoms with van der Waals surface area (Å²) in [6.07, 6.45) is 0. The third-order valence-corrected chi connectivity index (χ3v) is 6.29. The zero-order valence-electron chi connectivity index (χ0n) is 9.92. The lowest BCUT2D eigenvalue weighted by atomic mass is 10.3. The number of amides is 1. The van der Waals surface area contributed by atoms with Gasteiger partial charge in [-0.15, -0.1) is 11.3 Å². The molecule has 2 rings (SSSR count). The average molecular weight is 289 g/mol. The quantitative estimate of drug-likeness (QED) is 0.808. The van der Waals surface area contributed by atoms with Crippen molar-refractivity contribution in [2.45, 2.75) is 17.2 Å². The molecule has 0 aromatic carbocycles. The molecule has 0 bridgehead atoms. The van der Waals surface area contributed by atoms with Crippen molar-refractivity contribution in [2.75, 3.05) is 19.6 Å². The highest BCUT2D eigenvalue weighted by atomic mass is 32.2. The number of nitrogens with zero attached hydrogens (tertiary/aromatic N) is 1. The van der Waals surface area contributed by atoms with E-state index in [4.69, 9.17) is 5.73 Å².